The molecule has 0 spiro atoms. The van der Waals surface area contributed by atoms with E-state index in [-0.39, 0.29) is 31.3 Å². The van der Waals surface area contributed by atoms with Crippen LogP contribution >= 0.6 is 0 Å². The highest BCUT2D eigenvalue weighted by molar-refractivity contribution is 5.78. The van der Waals surface area contributed by atoms with Gasteiger partial charge in [-0.3, -0.25) is 9.69 Å². The Hall–Kier alpha value is -3.01. The summed E-state index contributed by atoms with van der Waals surface area (Å²) in [6.07, 6.45) is 1.66. The number of aryl methyl sites for hydroxylation is 1. The van der Waals surface area contributed by atoms with Gasteiger partial charge in [0.25, 0.3) is 0 Å². The van der Waals surface area contributed by atoms with Gasteiger partial charge in [0.1, 0.15) is 5.82 Å². The van der Waals surface area contributed by atoms with Crippen LogP contribution < -0.4 is 10.6 Å². The summed E-state index contributed by atoms with van der Waals surface area (Å²) in [7, 11) is 3.78. The number of rotatable bonds is 13. The number of piperidine rings is 1. The fourth-order valence-electron chi connectivity index (χ4n) is 5.54. The highest BCUT2D eigenvalue weighted by Gasteiger charge is 2.43. The molecule has 2 aromatic carbocycles. The Balaban J connectivity index is 1.96. The summed E-state index contributed by atoms with van der Waals surface area (Å²) in [5.74, 6) is -0.751. The van der Waals surface area contributed by atoms with Gasteiger partial charge in [0.15, 0.2) is 0 Å². The van der Waals surface area contributed by atoms with Crippen LogP contribution in [0.4, 0.5) is 9.18 Å². The Kier molecular flexibility index (Phi) is 11.3. The van der Waals surface area contributed by atoms with Crippen molar-refractivity contribution in [2.24, 2.45) is 5.92 Å². The lowest BCUT2D eigenvalue weighted by Gasteiger charge is -2.44. The first-order valence-corrected chi connectivity index (χ1v) is 13.9. The number of benzene rings is 2. The molecule has 1 fully saturated rings. The van der Waals surface area contributed by atoms with Crippen LogP contribution in [0.25, 0.3) is 11.1 Å². The topological polar surface area (TPSA) is 105 Å². The van der Waals surface area contributed by atoms with Gasteiger partial charge in [0.2, 0.25) is 5.91 Å². The van der Waals surface area contributed by atoms with Gasteiger partial charge in [-0.2, -0.15) is 0 Å². The number of hydrogen-bond acceptors (Lipinski definition) is 5. The molecule has 4 N–H and O–H groups in total. The van der Waals surface area contributed by atoms with Crippen LogP contribution in [0.3, 0.4) is 0 Å². The number of aliphatic hydroxyl groups is 1. The molecule has 0 saturated carbocycles. The van der Waals surface area contributed by atoms with Gasteiger partial charge in [0.05, 0.1) is 12.1 Å². The molecular weight excluding hydrogens is 499 g/mol. The number of likely N-dealkylation sites (N-methyl/N-ethyl adjacent to an activating group) is 2. The van der Waals surface area contributed by atoms with E-state index in [1.54, 1.807) is 17.0 Å². The van der Waals surface area contributed by atoms with Crippen molar-refractivity contribution in [3.05, 3.63) is 59.4 Å². The minimum atomic E-state index is -1.46. The minimum absolute atomic E-state index is 0.00306. The van der Waals surface area contributed by atoms with Crippen molar-refractivity contribution in [2.45, 2.75) is 44.6 Å². The first kappa shape index (κ1) is 30.5. The van der Waals surface area contributed by atoms with Gasteiger partial charge in [-0.25, -0.2) is 9.18 Å². The molecular formula is C30H43FN4O4. The van der Waals surface area contributed by atoms with Gasteiger partial charge >= 0.3 is 6.09 Å². The summed E-state index contributed by atoms with van der Waals surface area (Å²) < 4.78 is 15.5. The van der Waals surface area contributed by atoms with E-state index in [1.165, 1.54) is 6.07 Å². The van der Waals surface area contributed by atoms with E-state index in [0.29, 0.717) is 42.6 Å². The maximum absolute atomic E-state index is 15.5. The molecule has 214 valence electrons. The van der Waals surface area contributed by atoms with Crippen LogP contribution in [0.1, 0.15) is 43.7 Å². The maximum atomic E-state index is 15.5. The molecule has 1 saturated heterocycles. The standard InChI is InChI=1S/C30H43FN4O4/c1-4-22-9-5-10-23(19-22)28-25(12-6-13-26(28)31)30(39,14-8-15-33-29(37)38)24-11-7-17-35(20-24)27(36)21-34(3)18-16-32-2/h5-6,9-10,12-13,19,24,32-33,39H,4,7-8,11,14-18,20-21H2,1-3H3,(H,37,38). The highest BCUT2D eigenvalue weighted by Crippen LogP contribution is 2.44. The van der Waals surface area contributed by atoms with E-state index >= 15 is 4.39 Å². The number of likely N-dealkylation sites (tertiary alicyclic amines) is 1. The summed E-state index contributed by atoms with van der Waals surface area (Å²) >= 11 is 0. The van der Waals surface area contributed by atoms with Crippen molar-refractivity contribution >= 4 is 12.0 Å². The number of carbonyl (C=O) groups excluding carboxylic acids is 1. The molecule has 2 aromatic rings. The smallest absolute Gasteiger partial charge is 0.404 e. The Bertz CT molecular complexity index is 1110. The van der Waals surface area contributed by atoms with Gasteiger partial charge in [0, 0.05) is 44.2 Å². The van der Waals surface area contributed by atoms with Crippen LogP contribution in [-0.2, 0) is 16.8 Å². The number of hydrogen-bond donors (Lipinski definition) is 4. The SMILES string of the molecule is CCc1cccc(-c2c(F)cccc2C(O)(CCCNC(=O)O)C2CCCN(C(=O)CN(C)CCNC)C2)c1. The second kappa shape index (κ2) is 14.4. The maximum Gasteiger partial charge on any atom is 0.404 e. The Morgan fingerprint density at radius 1 is 1.21 bits per heavy atom. The molecule has 1 aliphatic rings. The molecule has 2 unspecified atom stereocenters. The second-order valence-electron chi connectivity index (χ2n) is 10.5. The van der Waals surface area contributed by atoms with E-state index < -0.39 is 17.5 Å². The zero-order valence-corrected chi connectivity index (χ0v) is 23.4. The lowest BCUT2D eigenvalue weighted by Crippen LogP contribution is -2.50. The summed E-state index contributed by atoms with van der Waals surface area (Å²) in [6, 6.07) is 12.5. The molecule has 0 aliphatic carbocycles. The van der Waals surface area contributed by atoms with Gasteiger partial charge < -0.3 is 25.7 Å². The first-order valence-electron chi connectivity index (χ1n) is 13.9. The third-order valence-corrected chi connectivity index (χ3v) is 7.71. The lowest BCUT2D eigenvalue weighted by atomic mass is 9.72. The van der Waals surface area contributed by atoms with E-state index in [2.05, 4.69) is 10.6 Å². The summed E-state index contributed by atoms with van der Waals surface area (Å²) in [4.78, 5) is 28.0. The molecule has 1 aliphatic heterocycles. The second-order valence-corrected chi connectivity index (χ2v) is 10.5. The van der Waals surface area contributed by atoms with Crippen LogP contribution in [0.2, 0.25) is 0 Å². The number of carboxylic acid groups (broad SMARTS) is 1. The zero-order valence-electron chi connectivity index (χ0n) is 23.4. The number of amides is 2. The molecule has 0 bridgehead atoms. The van der Waals surface area contributed by atoms with Crippen LogP contribution in [0.15, 0.2) is 42.5 Å². The number of carbonyl (C=O) groups is 2. The Morgan fingerprint density at radius 3 is 2.69 bits per heavy atom. The first-order chi connectivity index (χ1) is 18.7. The molecule has 3 rings (SSSR count). The van der Waals surface area contributed by atoms with Crippen LogP contribution in [-0.4, -0.2) is 85.4 Å². The predicted molar refractivity (Wildman–Crippen MR) is 151 cm³/mol. The molecule has 2 amide bonds. The van der Waals surface area contributed by atoms with E-state index in [4.69, 9.17) is 5.11 Å². The lowest BCUT2D eigenvalue weighted by molar-refractivity contribution is -0.137. The van der Waals surface area contributed by atoms with Gasteiger partial charge in [-0.15, -0.1) is 0 Å². The molecule has 2 atom stereocenters. The van der Waals surface area contributed by atoms with E-state index in [1.807, 2.05) is 50.2 Å². The molecule has 0 radical (unpaired) electrons. The fraction of sp³-hybridized carbons (Fsp3) is 0.533. The van der Waals surface area contributed by atoms with Crippen molar-refractivity contribution in [3.63, 3.8) is 0 Å². The molecule has 9 heteroatoms. The Labute approximate surface area is 231 Å². The van der Waals surface area contributed by atoms with Crippen LogP contribution in [0, 0.1) is 11.7 Å². The zero-order chi connectivity index (χ0) is 28.4. The largest absolute Gasteiger partial charge is 0.465 e. The monoisotopic (exact) mass is 542 g/mol. The van der Waals surface area contributed by atoms with E-state index in [9.17, 15) is 14.7 Å². The minimum Gasteiger partial charge on any atom is -0.465 e. The third kappa shape index (κ3) is 8.00. The van der Waals surface area contributed by atoms with Gasteiger partial charge in [-0.05, 0) is 69.0 Å². The fourth-order valence-corrected chi connectivity index (χ4v) is 5.54. The van der Waals surface area contributed by atoms with Crippen molar-refractivity contribution in [1.29, 1.82) is 0 Å². The number of halogens is 1. The van der Waals surface area contributed by atoms with Crippen molar-refractivity contribution in [2.75, 3.05) is 53.4 Å². The van der Waals surface area contributed by atoms with Crippen molar-refractivity contribution in [3.8, 4) is 11.1 Å². The summed E-state index contributed by atoms with van der Waals surface area (Å²) in [5, 5.41) is 27.0. The third-order valence-electron chi connectivity index (χ3n) is 7.71. The highest BCUT2D eigenvalue weighted by atomic mass is 19.1. The summed E-state index contributed by atoms with van der Waals surface area (Å²) in [5.41, 5.74) is 1.14. The van der Waals surface area contributed by atoms with E-state index in [0.717, 1.165) is 31.5 Å². The van der Waals surface area contributed by atoms with Crippen molar-refractivity contribution < 1.29 is 24.2 Å². The average Bonchev–Trinajstić information content (AvgIpc) is 2.93. The van der Waals surface area contributed by atoms with Crippen LogP contribution in [0.5, 0.6) is 0 Å². The molecule has 8 nitrogen and oxygen atoms in total. The number of nitrogens with one attached hydrogen (secondary N) is 2. The number of nitrogens with zero attached hydrogens (tertiary/aromatic N) is 2. The van der Waals surface area contributed by atoms with Crippen molar-refractivity contribution in [1.82, 2.24) is 20.4 Å². The summed E-state index contributed by atoms with van der Waals surface area (Å²) in [6.45, 7) is 4.97. The normalized spacial score (nSPS) is 17.2. The average molecular weight is 543 g/mol. The Morgan fingerprint density at radius 2 is 1.97 bits per heavy atom. The predicted octanol–water partition coefficient (Wildman–Crippen LogP) is 3.68. The molecule has 39 heavy (non-hydrogen) atoms. The van der Waals surface area contributed by atoms with Gasteiger partial charge in [-0.1, -0.05) is 43.3 Å². The quantitative estimate of drug-likeness (QED) is 0.288. The molecule has 0 aromatic heterocycles. The molecule has 1 heterocycles.